The lowest BCUT2D eigenvalue weighted by Crippen LogP contribution is -2.46. The van der Waals surface area contributed by atoms with E-state index in [4.69, 9.17) is 4.74 Å². The molecular weight excluding hydrogens is 374 g/mol. The molecule has 1 aliphatic rings. The quantitative estimate of drug-likeness (QED) is 0.745. The second-order valence-electron chi connectivity index (χ2n) is 7.69. The van der Waals surface area contributed by atoms with Crippen molar-refractivity contribution in [1.29, 1.82) is 0 Å². The Bertz CT molecular complexity index is 825. The van der Waals surface area contributed by atoms with Crippen LogP contribution in [0.25, 0.3) is 5.69 Å². The average molecular weight is 404 g/mol. The molecule has 0 unspecified atom stereocenters. The molecule has 3 rings (SSSR count). The Labute approximate surface area is 170 Å². The Morgan fingerprint density at radius 2 is 2.14 bits per heavy atom. The van der Waals surface area contributed by atoms with Gasteiger partial charge in [0.25, 0.3) is 0 Å². The number of carbonyl (C=O) groups excluding carboxylic acids is 1. The summed E-state index contributed by atoms with van der Waals surface area (Å²) in [6.07, 6.45) is 3.46. The normalized spacial score (nSPS) is 23.2. The topological polar surface area (TPSA) is 81.9 Å². The van der Waals surface area contributed by atoms with Crippen LogP contribution in [0.5, 0.6) is 5.75 Å². The number of carbonyl (C=O) groups is 1. The highest BCUT2D eigenvalue weighted by molar-refractivity contribution is 8.00. The summed E-state index contributed by atoms with van der Waals surface area (Å²) in [5, 5.41) is 15.5. The molecule has 0 saturated heterocycles. The number of ether oxygens (including phenoxy) is 1. The third kappa shape index (κ3) is 4.48. The minimum atomic E-state index is -0.301. The largest absolute Gasteiger partial charge is 0.494 e. The van der Waals surface area contributed by atoms with Crippen LogP contribution in [0, 0.1) is 18.8 Å². The van der Waals surface area contributed by atoms with Crippen molar-refractivity contribution in [2.75, 3.05) is 7.11 Å². The molecule has 1 N–H and O–H groups in total. The fraction of sp³-hybridized carbons (Fsp3) is 0.600. The van der Waals surface area contributed by atoms with Gasteiger partial charge in [0.2, 0.25) is 11.1 Å². The van der Waals surface area contributed by atoms with Crippen molar-refractivity contribution in [3.05, 3.63) is 23.8 Å². The standard InChI is InChI=1S/C20H29N5O2S/c1-12-9-10-18(27-5)17(11-12)25-20(22-23-24-25)28-15(4)19(26)21-16-8-6-7-13(2)14(16)3/h9-11,13-16H,6-8H2,1-5H3,(H,21,26)/t13-,14-,15-,16+/m0/s1. The number of nitrogens with one attached hydrogen (secondary N) is 1. The number of benzene rings is 1. The maximum absolute atomic E-state index is 12.8. The van der Waals surface area contributed by atoms with Crippen LogP contribution in [0.2, 0.25) is 0 Å². The van der Waals surface area contributed by atoms with Crippen LogP contribution in [0.15, 0.2) is 23.4 Å². The number of amides is 1. The number of nitrogens with zero attached hydrogens (tertiary/aromatic N) is 4. The number of aromatic nitrogens is 4. The molecule has 7 nitrogen and oxygen atoms in total. The molecule has 152 valence electrons. The van der Waals surface area contributed by atoms with Crippen molar-refractivity contribution in [3.63, 3.8) is 0 Å². The first-order valence-corrected chi connectivity index (χ1v) is 10.7. The number of hydrogen-bond donors (Lipinski definition) is 1. The fourth-order valence-electron chi connectivity index (χ4n) is 3.67. The number of aryl methyl sites for hydroxylation is 1. The molecule has 0 bridgehead atoms. The van der Waals surface area contributed by atoms with Crippen molar-refractivity contribution in [3.8, 4) is 11.4 Å². The zero-order chi connectivity index (χ0) is 20.3. The lowest BCUT2D eigenvalue weighted by Gasteiger charge is -2.35. The summed E-state index contributed by atoms with van der Waals surface area (Å²) in [5.41, 5.74) is 1.84. The van der Waals surface area contributed by atoms with Gasteiger partial charge in [-0.3, -0.25) is 4.79 Å². The van der Waals surface area contributed by atoms with E-state index in [9.17, 15) is 4.79 Å². The summed E-state index contributed by atoms with van der Waals surface area (Å²) < 4.78 is 7.08. The van der Waals surface area contributed by atoms with E-state index in [0.717, 1.165) is 17.7 Å². The molecule has 0 radical (unpaired) electrons. The van der Waals surface area contributed by atoms with Gasteiger partial charge in [0.1, 0.15) is 11.4 Å². The molecule has 0 spiro atoms. The third-order valence-corrected chi connectivity index (χ3v) is 6.72. The fourth-order valence-corrected chi connectivity index (χ4v) is 4.48. The molecule has 8 heteroatoms. The zero-order valence-corrected chi connectivity index (χ0v) is 18.0. The van der Waals surface area contributed by atoms with Crippen molar-refractivity contribution in [2.45, 2.75) is 63.4 Å². The van der Waals surface area contributed by atoms with Gasteiger partial charge in [0.15, 0.2) is 0 Å². The van der Waals surface area contributed by atoms with Crippen molar-refractivity contribution >= 4 is 17.7 Å². The van der Waals surface area contributed by atoms with Crippen molar-refractivity contribution < 1.29 is 9.53 Å². The summed E-state index contributed by atoms with van der Waals surface area (Å²) >= 11 is 1.35. The van der Waals surface area contributed by atoms with Crippen LogP contribution in [0.1, 0.15) is 45.6 Å². The van der Waals surface area contributed by atoms with Crippen molar-refractivity contribution in [1.82, 2.24) is 25.5 Å². The zero-order valence-electron chi connectivity index (χ0n) is 17.2. The molecule has 2 aromatic rings. The first-order chi connectivity index (χ1) is 13.4. The maximum Gasteiger partial charge on any atom is 0.233 e. The van der Waals surface area contributed by atoms with Crippen LogP contribution >= 0.6 is 11.8 Å². The Kier molecular flexibility index (Phi) is 6.59. The highest BCUT2D eigenvalue weighted by Crippen LogP contribution is 2.31. The highest BCUT2D eigenvalue weighted by Gasteiger charge is 2.30. The third-order valence-electron chi connectivity index (χ3n) is 5.69. The van der Waals surface area contributed by atoms with Crippen LogP contribution in [0.3, 0.4) is 0 Å². The minimum Gasteiger partial charge on any atom is -0.494 e. The molecule has 1 amide bonds. The van der Waals surface area contributed by atoms with Crippen LogP contribution < -0.4 is 10.1 Å². The highest BCUT2D eigenvalue weighted by atomic mass is 32.2. The van der Waals surface area contributed by atoms with Gasteiger partial charge in [-0.15, -0.1) is 5.10 Å². The number of methoxy groups -OCH3 is 1. The van der Waals surface area contributed by atoms with Crippen LogP contribution in [0.4, 0.5) is 0 Å². The first kappa shape index (κ1) is 20.6. The Hall–Kier alpha value is -2.09. The first-order valence-electron chi connectivity index (χ1n) is 9.81. The Morgan fingerprint density at radius 3 is 2.89 bits per heavy atom. The molecule has 1 aliphatic carbocycles. The summed E-state index contributed by atoms with van der Waals surface area (Å²) in [6.45, 7) is 8.40. The molecule has 4 atom stereocenters. The molecule has 1 aromatic carbocycles. The van der Waals surface area contributed by atoms with Crippen LogP contribution in [-0.2, 0) is 4.79 Å². The van der Waals surface area contributed by atoms with E-state index in [2.05, 4.69) is 34.7 Å². The summed E-state index contributed by atoms with van der Waals surface area (Å²) in [6, 6.07) is 6.08. The van der Waals surface area contributed by atoms with Gasteiger partial charge in [0.05, 0.1) is 12.4 Å². The number of thioether (sulfide) groups is 1. The molecule has 1 fully saturated rings. The molecule has 1 heterocycles. The second-order valence-corrected chi connectivity index (χ2v) is 9.00. The van der Waals surface area contributed by atoms with E-state index in [-0.39, 0.29) is 17.2 Å². The Morgan fingerprint density at radius 1 is 1.36 bits per heavy atom. The summed E-state index contributed by atoms with van der Waals surface area (Å²) in [5.74, 6) is 1.85. The van der Waals surface area contributed by atoms with E-state index in [1.165, 1.54) is 24.6 Å². The molecule has 0 aliphatic heterocycles. The second kappa shape index (κ2) is 8.94. The van der Waals surface area contributed by atoms with Crippen LogP contribution in [-0.4, -0.2) is 44.5 Å². The van der Waals surface area contributed by atoms with E-state index in [1.54, 1.807) is 11.8 Å². The number of rotatable bonds is 6. The maximum atomic E-state index is 12.8. The minimum absolute atomic E-state index is 0.0294. The molecule has 1 aromatic heterocycles. The van der Waals surface area contributed by atoms with Gasteiger partial charge in [-0.2, -0.15) is 4.68 Å². The van der Waals surface area contributed by atoms with Gasteiger partial charge >= 0.3 is 0 Å². The predicted molar refractivity (Wildman–Crippen MR) is 110 cm³/mol. The van der Waals surface area contributed by atoms with E-state index >= 15 is 0 Å². The van der Waals surface area contributed by atoms with Crippen molar-refractivity contribution in [2.24, 2.45) is 11.8 Å². The summed E-state index contributed by atoms with van der Waals surface area (Å²) in [7, 11) is 1.62. The Balaban J connectivity index is 1.72. The smallest absolute Gasteiger partial charge is 0.233 e. The van der Waals surface area contributed by atoms with Gasteiger partial charge in [0, 0.05) is 6.04 Å². The number of hydrogen-bond acceptors (Lipinski definition) is 6. The van der Waals surface area contributed by atoms with Gasteiger partial charge < -0.3 is 10.1 Å². The van der Waals surface area contributed by atoms with Gasteiger partial charge in [-0.05, 0) is 60.2 Å². The van der Waals surface area contributed by atoms with E-state index in [1.807, 2.05) is 32.0 Å². The molecular formula is C20H29N5O2S. The van der Waals surface area contributed by atoms with E-state index in [0.29, 0.717) is 22.7 Å². The molecule has 28 heavy (non-hydrogen) atoms. The lowest BCUT2D eigenvalue weighted by molar-refractivity contribution is -0.121. The molecule has 1 saturated carbocycles. The van der Waals surface area contributed by atoms with Gasteiger partial charge in [-0.1, -0.05) is 44.5 Å². The monoisotopic (exact) mass is 403 g/mol. The van der Waals surface area contributed by atoms with E-state index < -0.39 is 0 Å². The predicted octanol–water partition coefficient (Wildman–Crippen LogP) is 3.40. The number of tetrazole rings is 1. The lowest BCUT2D eigenvalue weighted by atomic mass is 9.78. The summed E-state index contributed by atoms with van der Waals surface area (Å²) in [4.78, 5) is 12.8. The SMILES string of the molecule is COc1ccc(C)cc1-n1nnnc1S[C@@H](C)C(=O)N[C@@H]1CCC[C@H](C)[C@@H]1C. The average Bonchev–Trinajstić information content (AvgIpc) is 3.13. The van der Waals surface area contributed by atoms with Gasteiger partial charge in [-0.25, -0.2) is 0 Å².